The summed E-state index contributed by atoms with van der Waals surface area (Å²) in [7, 11) is 0. The minimum absolute atomic E-state index is 0. The summed E-state index contributed by atoms with van der Waals surface area (Å²) in [6.45, 7) is 7.93. The fourth-order valence-electron chi connectivity index (χ4n) is 3.84. The first-order valence-electron chi connectivity index (χ1n) is 10.9. The quantitative estimate of drug-likeness (QED) is 0.686. The normalized spacial score (nSPS) is 23.7. The number of rotatable bonds is 7. The standard InChI is InChI=1S/C19H33NO3.C3H8O.H2/c1-14(2)19(22)15-8-10-16(11-9-15)20-18(21)12-13-23-17-6-4-3-5-7-17;1-3(2)4;/h14-17H,3-13H2,1-2H3,(H,20,21);3-4H,1-2H3;1H. The van der Waals surface area contributed by atoms with Crippen molar-refractivity contribution < 1.29 is 20.9 Å². The molecule has 1 amide bonds. The number of ether oxygens (including phenoxy) is 1. The Morgan fingerprint density at radius 1 is 1.00 bits per heavy atom. The van der Waals surface area contributed by atoms with Crippen LogP contribution in [0.1, 0.15) is 93.3 Å². The molecule has 160 valence electrons. The van der Waals surface area contributed by atoms with Crippen LogP contribution in [-0.4, -0.2) is 41.7 Å². The van der Waals surface area contributed by atoms with Crippen LogP contribution in [0.4, 0.5) is 0 Å². The van der Waals surface area contributed by atoms with Crippen LogP contribution in [0.3, 0.4) is 0 Å². The van der Waals surface area contributed by atoms with Crippen LogP contribution < -0.4 is 5.32 Å². The molecule has 0 radical (unpaired) electrons. The Bertz CT molecular complexity index is 425. The first kappa shape index (κ1) is 24.1. The van der Waals surface area contributed by atoms with Gasteiger partial charge in [0.15, 0.2) is 0 Å². The Kier molecular flexibility index (Phi) is 11.8. The van der Waals surface area contributed by atoms with E-state index < -0.39 is 0 Å². The number of carbonyl (C=O) groups excluding carboxylic acids is 2. The largest absolute Gasteiger partial charge is 0.394 e. The van der Waals surface area contributed by atoms with E-state index in [4.69, 9.17) is 9.84 Å². The molecule has 0 saturated heterocycles. The summed E-state index contributed by atoms with van der Waals surface area (Å²) >= 11 is 0. The first-order valence-corrected chi connectivity index (χ1v) is 10.9. The number of aliphatic hydroxyl groups excluding tert-OH is 1. The maximum absolute atomic E-state index is 12.0. The highest BCUT2D eigenvalue weighted by Gasteiger charge is 2.28. The number of hydrogen-bond donors (Lipinski definition) is 2. The SMILES string of the molecule is CC(C)C(=O)C1CCC(NC(=O)CCOC2CCCCC2)CC1.CC(C)O.[HH]. The van der Waals surface area contributed by atoms with Crippen LogP contribution >= 0.6 is 0 Å². The van der Waals surface area contributed by atoms with Gasteiger partial charge in [0.05, 0.1) is 12.7 Å². The predicted octanol–water partition coefficient (Wildman–Crippen LogP) is 4.26. The number of aliphatic hydroxyl groups is 1. The highest BCUT2D eigenvalue weighted by molar-refractivity contribution is 5.83. The zero-order valence-electron chi connectivity index (χ0n) is 17.8. The van der Waals surface area contributed by atoms with Crippen molar-refractivity contribution in [2.75, 3.05) is 6.61 Å². The van der Waals surface area contributed by atoms with E-state index in [0.717, 1.165) is 38.5 Å². The molecular weight excluding hydrogens is 342 g/mol. The Balaban J connectivity index is 0.00000133. The van der Waals surface area contributed by atoms with Crippen LogP contribution in [-0.2, 0) is 14.3 Å². The lowest BCUT2D eigenvalue weighted by atomic mass is 9.80. The summed E-state index contributed by atoms with van der Waals surface area (Å²) in [5, 5.41) is 11.2. The van der Waals surface area contributed by atoms with Crippen LogP contribution in [0.5, 0.6) is 0 Å². The van der Waals surface area contributed by atoms with Crippen molar-refractivity contribution in [3.05, 3.63) is 0 Å². The summed E-state index contributed by atoms with van der Waals surface area (Å²) in [6.07, 6.45) is 10.5. The Morgan fingerprint density at radius 2 is 1.56 bits per heavy atom. The third-order valence-electron chi connectivity index (χ3n) is 5.30. The van der Waals surface area contributed by atoms with Crippen LogP contribution in [0.15, 0.2) is 0 Å². The van der Waals surface area contributed by atoms with Gasteiger partial charge < -0.3 is 15.2 Å². The second-order valence-electron chi connectivity index (χ2n) is 8.65. The van der Waals surface area contributed by atoms with Crippen molar-refractivity contribution in [3.8, 4) is 0 Å². The fourth-order valence-corrected chi connectivity index (χ4v) is 3.84. The molecule has 5 nitrogen and oxygen atoms in total. The van der Waals surface area contributed by atoms with Crippen molar-refractivity contribution in [2.45, 2.75) is 110 Å². The van der Waals surface area contributed by atoms with Gasteiger partial charge in [0, 0.05) is 31.8 Å². The molecule has 0 atom stereocenters. The number of nitrogens with one attached hydrogen (secondary N) is 1. The minimum Gasteiger partial charge on any atom is -0.394 e. The number of Topliss-reactive ketones (excluding diaryl/α,β-unsaturated/α-hetero) is 1. The molecule has 2 saturated carbocycles. The fraction of sp³-hybridized carbons (Fsp3) is 0.909. The molecule has 2 N–H and O–H groups in total. The van der Waals surface area contributed by atoms with E-state index in [-0.39, 0.29) is 31.3 Å². The Morgan fingerprint density at radius 3 is 2.07 bits per heavy atom. The van der Waals surface area contributed by atoms with Gasteiger partial charge in [-0.3, -0.25) is 9.59 Å². The van der Waals surface area contributed by atoms with E-state index >= 15 is 0 Å². The van der Waals surface area contributed by atoms with Gasteiger partial charge in [-0.2, -0.15) is 0 Å². The minimum atomic E-state index is -0.167. The molecule has 0 spiro atoms. The van der Waals surface area contributed by atoms with Crippen molar-refractivity contribution in [1.29, 1.82) is 0 Å². The monoisotopic (exact) mass is 385 g/mol. The third-order valence-corrected chi connectivity index (χ3v) is 5.30. The average Bonchev–Trinajstić information content (AvgIpc) is 2.62. The van der Waals surface area contributed by atoms with Gasteiger partial charge in [-0.1, -0.05) is 33.1 Å². The van der Waals surface area contributed by atoms with Gasteiger partial charge in [-0.15, -0.1) is 0 Å². The van der Waals surface area contributed by atoms with E-state index in [1.165, 1.54) is 19.3 Å². The molecule has 2 aliphatic rings. The topological polar surface area (TPSA) is 75.6 Å². The average molecular weight is 386 g/mol. The van der Waals surface area contributed by atoms with Crippen molar-refractivity contribution in [2.24, 2.45) is 11.8 Å². The molecule has 0 bridgehead atoms. The lowest BCUT2D eigenvalue weighted by Gasteiger charge is -2.29. The maximum atomic E-state index is 12.0. The number of ketones is 1. The molecule has 0 heterocycles. The summed E-state index contributed by atoms with van der Waals surface area (Å²) in [6, 6.07) is 0.244. The van der Waals surface area contributed by atoms with Crippen molar-refractivity contribution >= 4 is 11.7 Å². The molecule has 0 aromatic rings. The van der Waals surface area contributed by atoms with Gasteiger partial charge in [-0.05, 0) is 52.4 Å². The number of amides is 1. The van der Waals surface area contributed by atoms with E-state index in [2.05, 4.69) is 5.32 Å². The van der Waals surface area contributed by atoms with Crippen molar-refractivity contribution in [3.63, 3.8) is 0 Å². The van der Waals surface area contributed by atoms with E-state index in [9.17, 15) is 9.59 Å². The zero-order valence-corrected chi connectivity index (χ0v) is 17.8. The molecule has 0 unspecified atom stereocenters. The number of hydrogen-bond acceptors (Lipinski definition) is 4. The van der Waals surface area contributed by atoms with Gasteiger partial charge in [0.25, 0.3) is 0 Å². The van der Waals surface area contributed by atoms with E-state index in [0.29, 0.717) is 24.9 Å². The molecule has 5 heteroatoms. The summed E-state index contributed by atoms with van der Waals surface area (Å²) < 4.78 is 5.81. The molecule has 2 aliphatic carbocycles. The Hall–Kier alpha value is -0.940. The second-order valence-corrected chi connectivity index (χ2v) is 8.65. The van der Waals surface area contributed by atoms with E-state index in [1.807, 2.05) is 13.8 Å². The molecule has 0 aliphatic heterocycles. The van der Waals surface area contributed by atoms with Crippen molar-refractivity contribution in [1.82, 2.24) is 5.32 Å². The highest BCUT2D eigenvalue weighted by Crippen LogP contribution is 2.27. The zero-order chi connectivity index (χ0) is 20.2. The maximum Gasteiger partial charge on any atom is 0.222 e. The Labute approximate surface area is 167 Å². The molecule has 2 rings (SSSR count). The summed E-state index contributed by atoms with van der Waals surface area (Å²) in [5.41, 5.74) is 0. The van der Waals surface area contributed by atoms with Crippen LogP contribution in [0.25, 0.3) is 0 Å². The van der Waals surface area contributed by atoms with E-state index in [1.54, 1.807) is 13.8 Å². The lowest BCUT2D eigenvalue weighted by Crippen LogP contribution is -2.39. The second kappa shape index (κ2) is 13.3. The van der Waals surface area contributed by atoms with Crippen LogP contribution in [0.2, 0.25) is 0 Å². The predicted molar refractivity (Wildman–Crippen MR) is 111 cm³/mol. The molecule has 2 fully saturated rings. The molecule has 0 aromatic heterocycles. The highest BCUT2D eigenvalue weighted by atomic mass is 16.5. The summed E-state index contributed by atoms with van der Waals surface area (Å²) in [5.74, 6) is 0.816. The smallest absolute Gasteiger partial charge is 0.222 e. The van der Waals surface area contributed by atoms with Gasteiger partial charge in [-0.25, -0.2) is 0 Å². The summed E-state index contributed by atoms with van der Waals surface area (Å²) in [4.78, 5) is 24.0. The number of carbonyl (C=O) groups is 2. The van der Waals surface area contributed by atoms with Gasteiger partial charge in [0.2, 0.25) is 5.91 Å². The molecule has 27 heavy (non-hydrogen) atoms. The van der Waals surface area contributed by atoms with Crippen LogP contribution in [0, 0.1) is 11.8 Å². The third kappa shape index (κ3) is 10.8. The molecular formula is C22H43NO4. The first-order chi connectivity index (χ1) is 12.8. The lowest BCUT2D eigenvalue weighted by molar-refractivity contribution is -0.127. The van der Waals surface area contributed by atoms with Gasteiger partial charge in [0.1, 0.15) is 5.78 Å². The molecule has 0 aromatic carbocycles. The van der Waals surface area contributed by atoms with Gasteiger partial charge >= 0.3 is 0 Å².